The normalized spacial score (nSPS) is 12.1. The van der Waals surface area contributed by atoms with Gasteiger partial charge in [-0.25, -0.2) is 21.6 Å². The molecule has 0 amide bonds. The van der Waals surface area contributed by atoms with Crippen LogP contribution in [0.4, 0.5) is 0 Å². The third-order valence-electron chi connectivity index (χ3n) is 3.95. The van der Waals surface area contributed by atoms with Gasteiger partial charge in [0.1, 0.15) is 0 Å². The molecule has 0 aliphatic carbocycles. The summed E-state index contributed by atoms with van der Waals surface area (Å²) in [5, 5.41) is 9.17. The first kappa shape index (κ1) is 22.4. The molecule has 0 bridgehead atoms. The van der Waals surface area contributed by atoms with Crippen LogP contribution in [-0.4, -0.2) is 40.2 Å². The van der Waals surface area contributed by atoms with E-state index in [4.69, 9.17) is 16.7 Å². The predicted octanol–water partition coefficient (Wildman–Crippen LogP) is 2.42. The maximum Gasteiger partial charge on any atom is 0.304 e. The van der Waals surface area contributed by atoms with Gasteiger partial charge in [-0.05, 0) is 54.8 Å². The third kappa shape index (κ3) is 6.03. The highest BCUT2D eigenvalue weighted by atomic mass is 35.5. The molecule has 2 aromatic carbocycles. The molecule has 7 nitrogen and oxygen atoms in total. The molecular weight excluding hydrogens is 426 g/mol. The standard InChI is InChI=1S/C18H20ClNO6S2/c1-13-2-3-14(17(12-13)27(23,24)11-9-18(21)22)8-10-20-28(25,26)16-6-4-15(19)5-7-16/h2-7,12,20H,8-11H2,1H3,(H,21,22). The fourth-order valence-electron chi connectivity index (χ4n) is 2.51. The first-order chi connectivity index (χ1) is 13.0. The molecule has 0 saturated heterocycles. The van der Waals surface area contributed by atoms with Gasteiger partial charge in [0.05, 0.1) is 22.0 Å². The molecule has 0 saturated carbocycles. The summed E-state index contributed by atoms with van der Waals surface area (Å²) in [7, 11) is -7.56. The van der Waals surface area contributed by atoms with Crippen LogP contribution in [0.15, 0.2) is 52.3 Å². The second kappa shape index (κ2) is 9.04. The number of carbonyl (C=O) groups is 1. The molecule has 0 atom stereocenters. The molecule has 0 aliphatic heterocycles. The number of hydrogen-bond acceptors (Lipinski definition) is 5. The number of hydrogen-bond donors (Lipinski definition) is 2. The fraction of sp³-hybridized carbons (Fsp3) is 0.278. The summed E-state index contributed by atoms with van der Waals surface area (Å²) in [5.74, 6) is -1.72. The van der Waals surface area contributed by atoms with Crippen molar-refractivity contribution in [2.45, 2.75) is 29.6 Å². The lowest BCUT2D eigenvalue weighted by Crippen LogP contribution is -2.26. The molecule has 10 heteroatoms. The Balaban J connectivity index is 2.16. The number of aliphatic carboxylic acids is 1. The van der Waals surface area contributed by atoms with Crippen LogP contribution >= 0.6 is 11.6 Å². The zero-order chi connectivity index (χ0) is 20.9. The molecule has 28 heavy (non-hydrogen) atoms. The van der Waals surface area contributed by atoms with E-state index in [2.05, 4.69) is 4.72 Å². The number of sulfone groups is 1. The average Bonchev–Trinajstić information content (AvgIpc) is 2.61. The summed E-state index contributed by atoms with van der Waals surface area (Å²) < 4.78 is 52.1. The number of aryl methyl sites for hydroxylation is 1. The van der Waals surface area contributed by atoms with E-state index in [1.54, 1.807) is 19.1 Å². The Morgan fingerprint density at radius 3 is 2.32 bits per heavy atom. The molecule has 0 spiro atoms. The highest BCUT2D eigenvalue weighted by Crippen LogP contribution is 2.21. The second-order valence-corrected chi connectivity index (χ2v) is 10.5. The first-order valence-electron chi connectivity index (χ1n) is 8.30. The van der Waals surface area contributed by atoms with Crippen molar-refractivity contribution in [2.24, 2.45) is 0 Å². The summed E-state index contributed by atoms with van der Waals surface area (Å²) in [4.78, 5) is 10.8. The Hall–Kier alpha value is -1.94. The Bertz CT molecular complexity index is 1060. The van der Waals surface area contributed by atoms with Crippen LogP contribution < -0.4 is 4.72 Å². The van der Waals surface area contributed by atoms with E-state index in [1.165, 1.54) is 30.3 Å². The van der Waals surface area contributed by atoms with Gasteiger partial charge in [0, 0.05) is 11.6 Å². The Labute approximate surface area is 169 Å². The summed E-state index contributed by atoms with van der Waals surface area (Å²) in [6.45, 7) is 1.71. The molecule has 0 fully saturated rings. The monoisotopic (exact) mass is 445 g/mol. The van der Waals surface area contributed by atoms with Crippen LogP contribution in [0.25, 0.3) is 0 Å². The smallest absolute Gasteiger partial charge is 0.304 e. The van der Waals surface area contributed by atoms with E-state index in [0.717, 1.165) is 0 Å². The maximum atomic E-state index is 12.5. The number of benzene rings is 2. The summed E-state index contributed by atoms with van der Waals surface area (Å²) in [5.41, 5.74) is 1.13. The van der Waals surface area contributed by atoms with Gasteiger partial charge in [-0.15, -0.1) is 0 Å². The minimum absolute atomic E-state index is 0.0184. The second-order valence-electron chi connectivity index (χ2n) is 6.18. The van der Waals surface area contributed by atoms with Crippen molar-refractivity contribution in [1.82, 2.24) is 4.72 Å². The van der Waals surface area contributed by atoms with Crippen LogP contribution in [0, 0.1) is 6.92 Å². The summed E-state index contributed by atoms with van der Waals surface area (Å²) in [6.07, 6.45) is -0.367. The molecule has 2 aromatic rings. The van der Waals surface area contributed by atoms with Gasteiger partial charge >= 0.3 is 5.97 Å². The molecule has 0 heterocycles. The van der Waals surface area contributed by atoms with Crippen molar-refractivity contribution < 1.29 is 26.7 Å². The number of carboxylic acid groups (broad SMARTS) is 1. The molecule has 0 unspecified atom stereocenters. The number of carboxylic acids is 1. The summed E-state index contributed by atoms with van der Waals surface area (Å²) >= 11 is 5.76. The minimum atomic E-state index is -3.80. The predicted molar refractivity (Wildman–Crippen MR) is 106 cm³/mol. The van der Waals surface area contributed by atoms with E-state index in [-0.39, 0.29) is 22.8 Å². The van der Waals surface area contributed by atoms with E-state index < -0.39 is 38.0 Å². The topological polar surface area (TPSA) is 118 Å². The molecule has 152 valence electrons. The maximum absolute atomic E-state index is 12.5. The van der Waals surface area contributed by atoms with Crippen LogP contribution in [0.1, 0.15) is 17.5 Å². The van der Waals surface area contributed by atoms with Crippen LogP contribution in [0.2, 0.25) is 5.02 Å². The fourth-order valence-corrected chi connectivity index (χ4v) is 5.26. The van der Waals surface area contributed by atoms with Gasteiger partial charge in [0.25, 0.3) is 0 Å². The largest absolute Gasteiger partial charge is 0.481 e. The quantitative estimate of drug-likeness (QED) is 0.612. The minimum Gasteiger partial charge on any atom is -0.481 e. The SMILES string of the molecule is Cc1ccc(CCNS(=O)(=O)c2ccc(Cl)cc2)c(S(=O)(=O)CCC(=O)O)c1. The lowest BCUT2D eigenvalue weighted by molar-refractivity contribution is -0.136. The highest BCUT2D eigenvalue weighted by molar-refractivity contribution is 7.91. The number of halogens is 1. The van der Waals surface area contributed by atoms with Crippen molar-refractivity contribution in [2.75, 3.05) is 12.3 Å². The Morgan fingerprint density at radius 1 is 1.07 bits per heavy atom. The lowest BCUT2D eigenvalue weighted by Gasteiger charge is -2.12. The summed E-state index contributed by atoms with van der Waals surface area (Å²) in [6, 6.07) is 10.5. The Morgan fingerprint density at radius 2 is 1.71 bits per heavy atom. The zero-order valence-electron chi connectivity index (χ0n) is 15.1. The van der Waals surface area contributed by atoms with Gasteiger partial charge in [-0.1, -0.05) is 23.7 Å². The van der Waals surface area contributed by atoms with Crippen LogP contribution in [0.3, 0.4) is 0 Å². The van der Waals surface area contributed by atoms with Crippen molar-refractivity contribution in [3.63, 3.8) is 0 Å². The lowest BCUT2D eigenvalue weighted by atomic mass is 10.1. The van der Waals surface area contributed by atoms with Crippen molar-refractivity contribution in [3.8, 4) is 0 Å². The van der Waals surface area contributed by atoms with Crippen LogP contribution in [-0.2, 0) is 31.1 Å². The van der Waals surface area contributed by atoms with E-state index in [1.807, 2.05) is 0 Å². The molecule has 0 aliphatic rings. The van der Waals surface area contributed by atoms with Gasteiger partial charge in [-0.2, -0.15) is 0 Å². The van der Waals surface area contributed by atoms with Gasteiger partial charge in [0.2, 0.25) is 10.0 Å². The van der Waals surface area contributed by atoms with Crippen molar-refractivity contribution in [1.29, 1.82) is 0 Å². The zero-order valence-corrected chi connectivity index (χ0v) is 17.4. The Kier molecular flexibility index (Phi) is 7.22. The van der Waals surface area contributed by atoms with Gasteiger partial charge in [-0.3, -0.25) is 4.79 Å². The molecule has 0 radical (unpaired) electrons. The van der Waals surface area contributed by atoms with Crippen LogP contribution in [0.5, 0.6) is 0 Å². The van der Waals surface area contributed by atoms with Crippen molar-refractivity contribution in [3.05, 3.63) is 58.6 Å². The van der Waals surface area contributed by atoms with Gasteiger partial charge in [0.15, 0.2) is 9.84 Å². The van der Waals surface area contributed by atoms with Crippen molar-refractivity contribution >= 4 is 37.4 Å². The number of sulfonamides is 1. The molecule has 0 aromatic heterocycles. The van der Waals surface area contributed by atoms with E-state index >= 15 is 0 Å². The van der Waals surface area contributed by atoms with Gasteiger partial charge < -0.3 is 5.11 Å². The van der Waals surface area contributed by atoms with E-state index in [9.17, 15) is 21.6 Å². The first-order valence-corrected chi connectivity index (χ1v) is 11.8. The average molecular weight is 446 g/mol. The third-order valence-corrected chi connectivity index (χ3v) is 7.47. The molecular formula is C18H20ClNO6S2. The highest BCUT2D eigenvalue weighted by Gasteiger charge is 2.21. The number of nitrogens with one attached hydrogen (secondary N) is 1. The molecule has 2 N–H and O–H groups in total. The molecule has 2 rings (SSSR count). The van der Waals surface area contributed by atoms with E-state index in [0.29, 0.717) is 16.1 Å². The number of rotatable bonds is 9.